The predicted octanol–water partition coefficient (Wildman–Crippen LogP) is 10.3. The van der Waals surface area contributed by atoms with Crippen LogP contribution in [0.4, 0.5) is 0 Å². The first-order valence-corrected chi connectivity index (χ1v) is 20.5. The van der Waals surface area contributed by atoms with Crippen molar-refractivity contribution in [3.05, 3.63) is 12.4 Å². The predicted molar refractivity (Wildman–Crippen MR) is 203 cm³/mol. The lowest BCUT2D eigenvalue weighted by molar-refractivity contribution is -0.145. The van der Waals surface area contributed by atoms with Crippen molar-refractivity contribution in [1.82, 2.24) is 14.7 Å². The van der Waals surface area contributed by atoms with E-state index in [2.05, 4.69) is 68.8 Å². The maximum Gasteiger partial charge on any atom is 0.305 e. The Labute approximate surface area is 297 Å². The first-order chi connectivity index (χ1) is 23.3. The van der Waals surface area contributed by atoms with Gasteiger partial charge in [0.2, 0.25) is 0 Å². The average molecular weight is 678 g/mol. The fourth-order valence-corrected chi connectivity index (χ4v) is 6.76. The first-order valence-electron chi connectivity index (χ1n) is 20.5. The smallest absolute Gasteiger partial charge is 0.305 e. The van der Waals surface area contributed by atoms with Gasteiger partial charge in [0.05, 0.1) is 19.4 Å². The molecule has 1 rings (SSSR count). The van der Waals surface area contributed by atoms with Crippen molar-refractivity contribution in [2.75, 3.05) is 46.4 Å². The van der Waals surface area contributed by atoms with E-state index in [4.69, 9.17) is 9.47 Å². The summed E-state index contributed by atoms with van der Waals surface area (Å²) in [4.78, 5) is 31.7. The SMILES string of the molecule is CCCCC(CC)CCC(=O)OCCCCCCCN(CCCCCCOC(=O)CCC(CC)CCCC)CCCN1C=CN(C)C1C. The molecule has 0 amide bonds. The van der Waals surface area contributed by atoms with Crippen LogP contribution in [0.5, 0.6) is 0 Å². The molecule has 0 saturated carbocycles. The summed E-state index contributed by atoms with van der Waals surface area (Å²) in [6.07, 6.45) is 29.2. The second kappa shape index (κ2) is 30.1. The summed E-state index contributed by atoms with van der Waals surface area (Å²) in [5.41, 5.74) is 0. The number of carbonyl (C=O) groups is 2. The second-order valence-corrected chi connectivity index (χ2v) is 14.6. The average Bonchev–Trinajstić information content (AvgIpc) is 3.41. The van der Waals surface area contributed by atoms with E-state index in [1.54, 1.807) is 0 Å². The maximum atomic E-state index is 12.2. The Morgan fingerprint density at radius 2 is 1.08 bits per heavy atom. The monoisotopic (exact) mass is 678 g/mol. The summed E-state index contributed by atoms with van der Waals surface area (Å²) in [5.74, 6) is 1.31. The molecule has 0 saturated heterocycles. The Morgan fingerprint density at radius 1 is 0.625 bits per heavy atom. The third kappa shape index (κ3) is 22.8. The third-order valence-corrected chi connectivity index (χ3v) is 10.6. The number of ether oxygens (including phenoxy) is 2. The van der Waals surface area contributed by atoms with Gasteiger partial charge in [-0.2, -0.15) is 0 Å². The van der Waals surface area contributed by atoms with Gasteiger partial charge in [0.1, 0.15) is 0 Å². The molecule has 1 heterocycles. The zero-order valence-corrected chi connectivity index (χ0v) is 32.7. The molecule has 3 unspecified atom stereocenters. The minimum Gasteiger partial charge on any atom is -0.466 e. The lowest BCUT2D eigenvalue weighted by Gasteiger charge is -2.28. The molecule has 0 aromatic heterocycles. The fourth-order valence-electron chi connectivity index (χ4n) is 6.76. The van der Waals surface area contributed by atoms with Gasteiger partial charge in [-0.25, -0.2) is 0 Å². The van der Waals surface area contributed by atoms with Gasteiger partial charge < -0.3 is 24.2 Å². The molecular formula is C41H79N3O4. The molecule has 7 nitrogen and oxygen atoms in total. The van der Waals surface area contributed by atoms with E-state index < -0.39 is 0 Å². The molecule has 0 bridgehead atoms. The molecule has 0 aliphatic carbocycles. The quantitative estimate of drug-likeness (QED) is 0.0506. The molecule has 7 heteroatoms. The lowest BCUT2D eigenvalue weighted by Crippen LogP contribution is -2.36. The van der Waals surface area contributed by atoms with Gasteiger partial charge in [-0.3, -0.25) is 9.59 Å². The molecule has 0 N–H and O–H groups in total. The maximum absolute atomic E-state index is 12.2. The Morgan fingerprint density at radius 3 is 1.52 bits per heavy atom. The summed E-state index contributed by atoms with van der Waals surface area (Å²) in [6.45, 7) is 16.9. The van der Waals surface area contributed by atoms with E-state index in [-0.39, 0.29) is 11.9 Å². The molecule has 0 fully saturated rings. The van der Waals surface area contributed by atoms with Crippen molar-refractivity contribution in [2.24, 2.45) is 11.8 Å². The summed E-state index contributed by atoms with van der Waals surface area (Å²) < 4.78 is 11.1. The fraction of sp³-hybridized carbons (Fsp3) is 0.902. The Balaban J connectivity index is 2.23. The number of rotatable bonds is 33. The van der Waals surface area contributed by atoms with E-state index in [9.17, 15) is 9.59 Å². The largest absolute Gasteiger partial charge is 0.466 e. The molecule has 0 aromatic carbocycles. The van der Waals surface area contributed by atoms with Crippen molar-refractivity contribution < 1.29 is 19.1 Å². The number of hydrogen-bond acceptors (Lipinski definition) is 7. The van der Waals surface area contributed by atoms with Gasteiger partial charge in [0.25, 0.3) is 0 Å². The topological polar surface area (TPSA) is 62.3 Å². The number of carbonyl (C=O) groups excluding carboxylic acids is 2. The van der Waals surface area contributed by atoms with Gasteiger partial charge in [0.15, 0.2) is 0 Å². The van der Waals surface area contributed by atoms with E-state index in [0.29, 0.717) is 44.1 Å². The third-order valence-electron chi connectivity index (χ3n) is 10.6. The second-order valence-electron chi connectivity index (χ2n) is 14.6. The minimum atomic E-state index is -0.0104. The van der Waals surface area contributed by atoms with Gasteiger partial charge in [0, 0.05) is 38.8 Å². The molecule has 48 heavy (non-hydrogen) atoms. The van der Waals surface area contributed by atoms with E-state index in [1.165, 1.54) is 77.0 Å². The van der Waals surface area contributed by atoms with Crippen LogP contribution in [-0.4, -0.2) is 79.2 Å². The number of nitrogens with zero attached hydrogens (tertiary/aromatic N) is 3. The summed E-state index contributed by atoms with van der Waals surface area (Å²) >= 11 is 0. The van der Waals surface area contributed by atoms with Crippen molar-refractivity contribution in [3.8, 4) is 0 Å². The van der Waals surface area contributed by atoms with E-state index in [1.807, 2.05) is 0 Å². The molecule has 3 atom stereocenters. The highest BCUT2D eigenvalue weighted by atomic mass is 16.5. The van der Waals surface area contributed by atoms with Crippen LogP contribution >= 0.6 is 0 Å². The zero-order valence-electron chi connectivity index (χ0n) is 32.7. The number of esters is 2. The van der Waals surface area contributed by atoms with E-state index in [0.717, 1.165) is 77.5 Å². The Bertz CT molecular complexity index is 807. The van der Waals surface area contributed by atoms with E-state index >= 15 is 0 Å². The van der Waals surface area contributed by atoms with Crippen LogP contribution in [0.1, 0.15) is 176 Å². The minimum absolute atomic E-state index is 0.00895. The van der Waals surface area contributed by atoms with Crippen molar-refractivity contribution in [2.45, 2.75) is 182 Å². The summed E-state index contributed by atoms with van der Waals surface area (Å²) in [6, 6.07) is 0. The van der Waals surface area contributed by atoms with Crippen LogP contribution in [0.2, 0.25) is 0 Å². The van der Waals surface area contributed by atoms with Crippen LogP contribution < -0.4 is 0 Å². The molecule has 0 radical (unpaired) electrons. The van der Waals surface area contributed by atoms with Crippen molar-refractivity contribution >= 4 is 11.9 Å². The standard InChI is InChI=1S/C41H79N3O4/c1-7-11-23-38(9-3)25-27-40(45)47-35-20-16-13-14-18-29-43(31-22-32-44-34-33-42(6)37(44)5)30-19-15-17-21-36-48-41(46)28-26-39(10-4)24-12-8-2/h33-34,37-39H,7-32,35-36H2,1-6H3. The van der Waals surface area contributed by atoms with Crippen molar-refractivity contribution in [1.29, 1.82) is 0 Å². The van der Waals surface area contributed by atoms with Gasteiger partial charge in [-0.15, -0.1) is 0 Å². The molecule has 0 aromatic rings. The normalized spacial score (nSPS) is 15.8. The van der Waals surface area contributed by atoms with Crippen molar-refractivity contribution in [3.63, 3.8) is 0 Å². The molecule has 0 spiro atoms. The van der Waals surface area contributed by atoms with Crippen LogP contribution in [0, 0.1) is 11.8 Å². The molecule has 1 aliphatic heterocycles. The van der Waals surface area contributed by atoms with Gasteiger partial charge in [-0.05, 0) is 83.3 Å². The van der Waals surface area contributed by atoms with Crippen LogP contribution in [0.15, 0.2) is 12.4 Å². The number of hydrogen-bond donors (Lipinski definition) is 0. The summed E-state index contributed by atoms with van der Waals surface area (Å²) in [5, 5.41) is 0. The van der Waals surface area contributed by atoms with Gasteiger partial charge >= 0.3 is 11.9 Å². The first kappa shape index (κ1) is 44.3. The Hall–Kier alpha value is -1.76. The highest BCUT2D eigenvalue weighted by Gasteiger charge is 2.18. The Kier molecular flexibility index (Phi) is 27.8. The lowest BCUT2D eigenvalue weighted by atomic mass is 9.94. The highest BCUT2D eigenvalue weighted by Crippen LogP contribution is 2.20. The highest BCUT2D eigenvalue weighted by molar-refractivity contribution is 5.69. The molecule has 1 aliphatic rings. The van der Waals surface area contributed by atoms with Crippen LogP contribution in [-0.2, 0) is 19.1 Å². The van der Waals surface area contributed by atoms with Gasteiger partial charge in [-0.1, -0.05) is 111 Å². The zero-order chi connectivity index (χ0) is 35.2. The summed E-state index contributed by atoms with van der Waals surface area (Å²) in [7, 11) is 2.14. The van der Waals surface area contributed by atoms with Crippen LogP contribution in [0.3, 0.4) is 0 Å². The molecule has 282 valence electrons. The van der Waals surface area contributed by atoms with Crippen LogP contribution in [0.25, 0.3) is 0 Å². The number of unbranched alkanes of at least 4 members (excludes halogenated alkanes) is 9. The molecular weight excluding hydrogens is 598 g/mol.